The van der Waals surface area contributed by atoms with Crippen LogP contribution >= 0.6 is 0 Å². The Hall–Kier alpha value is 0.0969. The normalized spacial score (nSPS) is 38.7. The highest BCUT2D eigenvalue weighted by Gasteiger charge is 2.62. The van der Waals surface area contributed by atoms with Gasteiger partial charge in [0.2, 0.25) is 0 Å². The van der Waals surface area contributed by atoms with E-state index >= 15 is 0 Å². The summed E-state index contributed by atoms with van der Waals surface area (Å²) in [6.45, 7) is 18.7. The largest absolute Gasteiger partial charge is 0.395 e. The Morgan fingerprint density at radius 1 is 1.06 bits per heavy atom. The van der Waals surface area contributed by atoms with Crippen LogP contribution in [0, 0.1) is 5.41 Å². The molecule has 0 radical (unpaired) electrons. The van der Waals surface area contributed by atoms with E-state index in [1.165, 1.54) is 0 Å². The molecule has 108 valence electrons. The van der Waals surface area contributed by atoms with E-state index in [1.54, 1.807) is 0 Å². The molecule has 0 N–H and O–H groups in total. The monoisotopic (exact) mass is 274 g/mol. The van der Waals surface area contributed by atoms with E-state index in [9.17, 15) is 0 Å². The second-order valence-electron chi connectivity index (χ2n) is 6.64. The summed E-state index contributed by atoms with van der Waals surface area (Å²) >= 11 is 0. The molecule has 1 saturated heterocycles. The summed E-state index contributed by atoms with van der Waals surface area (Å²) in [6.07, 6.45) is 0. The van der Waals surface area contributed by atoms with Crippen LogP contribution in [0.2, 0.25) is 12.6 Å². The third kappa shape index (κ3) is 2.53. The summed E-state index contributed by atoms with van der Waals surface area (Å²) in [5, 5.41) is 0. The highest BCUT2D eigenvalue weighted by Crippen LogP contribution is 2.54. The van der Waals surface area contributed by atoms with Gasteiger partial charge >= 0.3 is 8.56 Å². The first-order chi connectivity index (χ1) is 8.04. The van der Waals surface area contributed by atoms with Crippen molar-refractivity contribution in [3.05, 3.63) is 0 Å². The first-order valence-electron chi connectivity index (χ1n) is 7.02. The lowest BCUT2D eigenvalue weighted by Gasteiger charge is -2.60. The fraction of sp³-hybridized carbons (Fsp3) is 1.00. The van der Waals surface area contributed by atoms with Crippen molar-refractivity contribution in [2.75, 3.05) is 13.2 Å². The summed E-state index contributed by atoms with van der Waals surface area (Å²) in [5.41, 5.74) is -0.495. The second-order valence-corrected chi connectivity index (χ2v) is 9.76. The van der Waals surface area contributed by atoms with Gasteiger partial charge in [-0.25, -0.2) is 0 Å². The zero-order chi connectivity index (χ0) is 14.2. The van der Waals surface area contributed by atoms with Crippen LogP contribution in [0.25, 0.3) is 0 Å². The molecule has 0 spiro atoms. The lowest BCUT2D eigenvalue weighted by molar-refractivity contribution is -0.196. The van der Waals surface area contributed by atoms with Crippen molar-refractivity contribution in [2.24, 2.45) is 5.41 Å². The first kappa shape index (κ1) is 16.2. The molecule has 18 heavy (non-hydrogen) atoms. The standard InChI is InChI=1S/C14H30O3Si/c1-9-15-14(7)11-18(8,16-10-2)17-13(5,6)12(14,3)4/h9-11H2,1-8H3. The highest BCUT2D eigenvalue weighted by atomic mass is 28.4. The van der Waals surface area contributed by atoms with E-state index in [1.807, 2.05) is 6.92 Å². The Labute approximate surface area is 113 Å². The molecule has 0 saturated carbocycles. The van der Waals surface area contributed by atoms with E-state index in [-0.39, 0.29) is 16.6 Å². The van der Waals surface area contributed by atoms with Gasteiger partial charge in [-0.3, -0.25) is 0 Å². The molecule has 1 fully saturated rings. The summed E-state index contributed by atoms with van der Waals surface area (Å²) in [5.74, 6) is 0. The molecule has 2 atom stereocenters. The van der Waals surface area contributed by atoms with Crippen LogP contribution in [-0.4, -0.2) is 33.0 Å². The molecule has 0 amide bonds. The van der Waals surface area contributed by atoms with Crippen molar-refractivity contribution in [1.82, 2.24) is 0 Å². The van der Waals surface area contributed by atoms with Crippen LogP contribution in [0.15, 0.2) is 0 Å². The minimum absolute atomic E-state index is 0.0559. The fourth-order valence-corrected chi connectivity index (χ4v) is 7.06. The Kier molecular flexibility index (Phi) is 4.39. The average molecular weight is 274 g/mol. The molecular formula is C14H30O3Si. The van der Waals surface area contributed by atoms with Gasteiger partial charge in [-0.15, -0.1) is 0 Å². The molecule has 1 aliphatic rings. The minimum atomic E-state index is -2.16. The molecule has 0 aromatic rings. The minimum Gasteiger partial charge on any atom is -0.395 e. The van der Waals surface area contributed by atoms with Crippen molar-refractivity contribution >= 4 is 8.56 Å². The molecule has 1 rings (SSSR count). The van der Waals surface area contributed by atoms with Crippen LogP contribution in [0.3, 0.4) is 0 Å². The van der Waals surface area contributed by atoms with Gasteiger partial charge in [0.05, 0.1) is 11.2 Å². The quantitative estimate of drug-likeness (QED) is 0.731. The van der Waals surface area contributed by atoms with Crippen LogP contribution in [0.4, 0.5) is 0 Å². The van der Waals surface area contributed by atoms with E-state index in [4.69, 9.17) is 13.6 Å². The second kappa shape index (κ2) is 4.89. The molecule has 1 heterocycles. The maximum Gasteiger partial charge on any atom is 0.338 e. The van der Waals surface area contributed by atoms with Gasteiger partial charge in [-0.05, 0) is 41.2 Å². The summed E-state index contributed by atoms with van der Waals surface area (Å²) in [4.78, 5) is 0. The number of rotatable bonds is 4. The molecule has 0 aromatic heterocycles. The number of hydrogen-bond acceptors (Lipinski definition) is 3. The molecule has 2 unspecified atom stereocenters. The number of hydrogen-bond donors (Lipinski definition) is 0. The molecular weight excluding hydrogens is 244 g/mol. The van der Waals surface area contributed by atoms with Crippen molar-refractivity contribution in [3.8, 4) is 0 Å². The third-order valence-corrected chi connectivity index (χ3v) is 8.03. The zero-order valence-corrected chi connectivity index (χ0v) is 14.3. The summed E-state index contributed by atoms with van der Waals surface area (Å²) in [6, 6.07) is 0.887. The van der Waals surface area contributed by atoms with Gasteiger partial charge in [0.15, 0.2) is 0 Å². The Bertz CT molecular complexity index is 303. The first-order valence-corrected chi connectivity index (χ1v) is 9.54. The summed E-state index contributed by atoms with van der Waals surface area (Å²) < 4.78 is 18.5. The molecule has 4 heteroatoms. The fourth-order valence-electron chi connectivity index (χ4n) is 3.11. The Morgan fingerprint density at radius 2 is 1.61 bits per heavy atom. The maximum absolute atomic E-state index is 6.40. The van der Waals surface area contributed by atoms with Crippen LogP contribution in [0.1, 0.15) is 48.5 Å². The third-order valence-electron chi connectivity index (χ3n) is 4.87. The van der Waals surface area contributed by atoms with E-state index in [2.05, 4.69) is 48.1 Å². The van der Waals surface area contributed by atoms with Gasteiger partial charge in [0, 0.05) is 24.7 Å². The van der Waals surface area contributed by atoms with E-state index in [0.717, 1.165) is 12.7 Å². The summed E-state index contributed by atoms with van der Waals surface area (Å²) in [7, 11) is -2.16. The maximum atomic E-state index is 6.40. The predicted octanol–water partition coefficient (Wildman–Crippen LogP) is 3.73. The predicted molar refractivity (Wildman–Crippen MR) is 77.0 cm³/mol. The highest BCUT2D eigenvalue weighted by molar-refractivity contribution is 6.66. The lowest BCUT2D eigenvalue weighted by atomic mass is 9.66. The van der Waals surface area contributed by atoms with Gasteiger partial charge < -0.3 is 13.6 Å². The van der Waals surface area contributed by atoms with Crippen LogP contribution in [-0.2, 0) is 13.6 Å². The molecule has 0 bridgehead atoms. The number of ether oxygens (including phenoxy) is 1. The van der Waals surface area contributed by atoms with E-state index < -0.39 is 8.56 Å². The van der Waals surface area contributed by atoms with Gasteiger partial charge in [0.25, 0.3) is 0 Å². The molecule has 0 aliphatic carbocycles. The molecule has 0 aromatic carbocycles. The van der Waals surface area contributed by atoms with Gasteiger partial charge in [0.1, 0.15) is 0 Å². The average Bonchev–Trinajstić information content (AvgIpc) is 2.14. The Morgan fingerprint density at radius 3 is 2.06 bits per heavy atom. The van der Waals surface area contributed by atoms with Crippen LogP contribution in [0.5, 0.6) is 0 Å². The van der Waals surface area contributed by atoms with Crippen molar-refractivity contribution in [2.45, 2.75) is 72.3 Å². The van der Waals surface area contributed by atoms with Crippen molar-refractivity contribution in [3.63, 3.8) is 0 Å². The molecule has 3 nitrogen and oxygen atoms in total. The van der Waals surface area contributed by atoms with E-state index in [0.29, 0.717) is 6.61 Å². The topological polar surface area (TPSA) is 27.7 Å². The SMILES string of the molecule is CCOC1(C)C[Si](C)(OCC)OC(C)(C)C1(C)C. The van der Waals surface area contributed by atoms with Crippen molar-refractivity contribution < 1.29 is 13.6 Å². The smallest absolute Gasteiger partial charge is 0.338 e. The lowest BCUT2D eigenvalue weighted by Crippen LogP contribution is -2.68. The van der Waals surface area contributed by atoms with Gasteiger partial charge in [-0.2, -0.15) is 0 Å². The zero-order valence-electron chi connectivity index (χ0n) is 13.3. The molecule has 1 aliphatic heterocycles. The van der Waals surface area contributed by atoms with Crippen molar-refractivity contribution in [1.29, 1.82) is 0 Å². The van der Waals surface area contributed by atoms with Crippen LogP contribution < -0.4 is 0 Å². The Balaban J connectivity index is 3.15. The van der Waals surface area contributed by atoms with Gasteiger partial charge in [-0.1, -0.05) is 13.8 Å².